The van der Waals surface area contributed by atoms with E-state index in [1.807, 2.05) is 11.7 Å². The van der Waals surface area contributed by atoms with Gasteiger partial charge >= 0.3 is 0 Å². The average Bonchev–Trinajstić information content (AvgIpc) is 2.69. The van der Waals surface area contributed by atoms with Gasteiger partial charge in [0.25, 0.3) is 0 Å². The summed E-state index contributed by atoms with van der Waals surface area (Å²) in [4.78, 5) is 16.8. The topological polar surface area (TPSA) is 42.0 Å². The summed E-state index contributed by atoms with van der Waals surface area (Å²) in [7, 11) is 0. The SMILES string of the molecule is CCC1(CC)C(=O)NC1c1cncs1. The summed E-state index contributed by atoms with van der Waals surface area (Å²) < 4.78 is 0. The molecule has 3 nitrogen and oxygen atoms in total. The molecule has 0 bridgehead atoms. The van der Waals surface area contributed by atoms with Gasteiger partial charge in [-0.05, 0) is 12.8 Å². The summed E-state index contributed by atoms with van der Waals surface area (Å²) >= 11 is 1.62. The summed E-state index contributed by atoms with van der Waals surface area (Å²) in [6, 6.07) is 0.192. The zero-order valence-electron chi connectivity index (χ0n) is 8.41. The van der Waals surface area contributed by atoms with Gasteiger partial charge < -0.3 is 5.32 Å². The van der Waals surface area contributed by atoms with Gasteiger partial charge in [-0.1, -0.05) is 13.8 Å². The predicted molar refractivity (Wildman–Crippen MR) is 56.0 cm³/mol. The van der Waals surface area contributed by atoms with Crippen molar-refractivity contribution in [2.75, 3.05) is 0 Å². The number of nitrogens with one attached hydrogen (secondary N) is 1. The third-order valence-electron chi connectivity index (χ3n) is 3.28. The van der Waals surface area contributed by atoms with Gasteiger partial charge in [-0.3, -0.25) is 9.78 Å². The van der Waals surface area contributed by atoms with Crippen molar-refractivity contribution < 1.29 is 4.79 Å². The van der Waals surface area contributed by atoms with Crippen LogP contribution in [0.15, 0.2) is 11.7 Å². The summed E-state index contributed by atoms with van der Waals surface area (Å²) in [5.41, 5.74) is 1.64. The van der Waals surface area contributed by atoms with Crippen molar-refractivity contribution in [3.05, 3.63) is 16.6 Å². The van der Waals surface area contributed by atoms with Crippen molar-refractivity contribution in [1.82, 2.24) is 10.3 Å². The Labute approximate surface area is 87.6 Å². The van der Waals surface area contributed by atoms with E-state index >= 15 is 0 Å². The van der Waals surface area contributed by atoms with Crippen LogP contribution in [0, 0.1) is 5.41 Å². The van der Waals surface area contributed by atoms with Gasteiger partial charge in [-0.15, -0.1) is 11.3 Å². The molecule has 4 heteroatoms. The number of β-lactam (4-membered cyclic amide) rings is 1. The van der Waals surface area contributed by atoms with Crippen molar-refractivity contribution in [3.8, 4) is 0 Å². The molecule has 1 aromatic rings. The molecular formula is C10H14N2OS. The smallest absolute Gasteiger partial charge is 0.229 e. The van der Waals surface area contributed by atoms with E-state index in [0.29, 0.717) is 0 Å². The Hall–Kier alpha value is -0.900. The lowest BCUT2D eigenvalue weighted by Gasteiger charge is -2.47. The van der Waals surface area contributed by atoms with E-state index < -0.39 is 0 Å². The van der Waals surface area contributed by atoms with Crippen LogP contribution in [0.25, 0.3) is 0 Å². The van der Waals surface area contributed by atoms with Gasteiger partial charge in [-0.25, -0.2) is 0 Å². The molecule has 1 atom stereocenters. The van der Waals surface area contributed by atoms with Crippen LogP contribution in [0.1, 0.15) is 37.6 Å². The van der Waals surface area contributed by atoms with Crippen molar-refractivity contribution in [2.24, 2.45) is 5.41 Å². The molecule has 76 valence electrons. The highest BCUT2D eigenvalue weighted by atomic mass is 32.1. The van der Waals surface area contributed by atoms with Crippen LogP contribution >= 0.6 is 11.3 Å². The number of carbonyl (C=O) groups excluding carboxylic acids is 1. The van der Waals surface area contributed by atoms with Gasteiger partial charge in [0, 0.05) is 11.1 Å². The summed E-state index contributed by atoms with van der Waals surface area (Å²) in [5, 5.41) is 2.97. The standard InChI is InChI=1S/C10H14N2OS/c1-3-10(4-2)8(12-9(10)13)7-5-11-6-14-7/h5-6,8H,3-4H2,1-2H3,(H,12,13). The van der Waals surface area contributed by atoms with Crippen molar-refractivity contribution >= 4 is 17.2 Å². The molecule has 1 amide bonds. The molecule has 1 unspecified atom stereocenters. The Morgan fingerprint density at radius 1 is 1.57 bits per heavy atom. The van der Waals surface area contributed by atoms with Gasteiger partial charge in [0.15, 0.2) is 0 Å². The van der Waals surface area contributed by atoms with Crippen molar-refractivity contribution in [3.63, 3.8) is 0 Å². The molecule has 2 rings (SSSR count). The molecule has 1 aliphatic rings. The molecule has 1 aliphatic heterocycles. The van der Waals surface area contributed by atoms with E-state index in [1.54, 1.807) is 11.3 Å². The third kappa shape index (κ3) is 1.10. The lowest BCUT2D eigenvalue weighted by atomic mass is 9.68. The molecule has 1 saturated heterocycles. The van der Waals surface area contributed by atoms with Gasteiger partial charge in [0.2, 0.25) is 5.91 Å². The first kappa shape index (κ1) is 9.65. The molecule has 1 N–H and O–H groups in total. The lowest BCUT2D eigenvalue weighted by Crippen LogP contribution is -2.60. The lowest BCUT2D eigenvalue weighted by molar-refractivity contribution is -0.147. The maximum Gasteiger partial charge on any atom is 0.229 e. The molecule has 1 fully saturated rings. The van der Waals surface area contributed by atoms with Crippen LogP contribution in [0.4, 0.5) is 0 Å². The number of hydrogen-bond acceptors (Lipinski definition) is 3. The fraction of sp³-hybridized carbons (Fsp3) is 0.600. The number of nitrogens with zero attached hydrogens (tertiary/aromatic N) is 1. The van der Waals surface area contributed by atoms with E-state index in [1.165, 1.54) is 4.88 Å². The molecule has 0 aliphatic carbocycles. The highest BCUT2D eigenvalue weighted by molar-refractivity contribution is 7.09. The first-order valence-corrected chi connectivity index (χ1v) is 5.82. The number of amides is 1. The molecule has 0 saturated carbocycles. The Morgan fingerprint density at radius 2 is 2.29 bits per heavy atom. The molecule has 2 heterocycles. The Kier molecular flexibility index (Phi) is 2.31. The summed E-state index contributed by atoms with van der Waals surface area (Å²) in [5.74, 6) is 0.195. The predicted octanol–water partition coefficient (Wildman–Crippen LogP) is 2.12. The van der Waals surface area contributed by atoms with Crippen molar-refractivity contribution in [2.45, 2.75) is 32.7 Å². The number of hydrogen-bond donors (Lipinski definition) is 1. The normalized spacial score (nSPS) is 24.1. The van der Waals surface area contributed by atoms with Crippen LogP contribution in [-0.2, 0) is 4.79 Å². The third-order valence-corrected chi connectivity index (χ3v) is 4.12. The Bertz CT molecular complexity index is 330. The molecule has 14 heavy (non-hydrogen) atoms. The highest BCUT2D eigenvalue weighted by Crippen LogP contribution is 2.48. The fourth-order valence-electron chi connectivity index (χ4n) is 2.16. The Morgan fingerprint density at radius 3 is 2.71 bits per heavy atom. The second kappa shape index (κ2) is 3.35. The minimum absolute atomic E-state index is 0.174. The van der Waals surface area contributed by atoms with E-state index in [2.05, 4.69) is 24.1 Å². The summed E-state index contributed by atoms with van der Waals surface area (Å²) in [6.07, 6.45) is 3.66. The maximum atomic E-state index is 11.6. The summed E-state index contributed by atoms with van der Waals surface area (Å²) in [6.45, 7) is 4.16. The van der Waals surface area contributed by atoms with Gasteiger partial charge in [0.1, 0.15) is 0 Å². The van der Waals surface area contributed by atoms with Crippen molar-refractivity contribution in [1.29, 1.82) is 0 Å². The molecular weight excluding hydrogens is 196 g/mol. The molecule has 0 spiro atoms. The molecule has 0 aromatic carbocycles. The number of thiazole rings is 1. The number of aromatic nitrogens is 1. The highest BCUT2D eigenvalue weighted by Gasteiger charge is 2.53. The van der Waals surface area contributed by atoms with E-state index in [4.69, 9.17) is 0 Å². The molecule has 0 radical (unpaired) electrons. The average molecular weight is 210 g/mol. The second-order valence-corrected chi connectivity index (χ2v) is 4.59. The fourth-order valence-corrected chi connectivity index (χ4v) is 2.94. The second-order valence-electron chi connectivity index (χ2n) is 3.67. The zero-order chi connectivity index (χ0) is 10.2. The minimum Gasteiger partial charge on any atom is -0.347 e. The monoisotopic (exact) mass is 210 g/mol. The van der Waals surface area contributed by atoms with Gasteiger partial charge in [0.05, 0.1) is 17.0 Å². The van der Waals surface area contributed by atoms with E-state index in [9.17, 15) is 4.79 Å². The van der Waals surface area contributed by atoms with Gasteiger partial charge in [-0.2, -0.15) is 0 Å². The first-order valence-electron chi connectivity index (χ1n) is 4.94. The van der Waals surface area contributed by atoms with Crippen LogP contribution in [0.5, 0.6) is 0 Å². The number of carbonyl (C=O) groups is 1. The van der Waals surface area contributed by atoms with E-state index in [0.717, 1.165) is 12.8 Å². The van der Waals surface area contributed by atoms with Crippen LogP contribution < -0.4 is 5.32 Å². The Balaban J connectivity index is 2.27. The number of rotatable bonds is 3. The minimum atomic E-state index is -0.174. The largest absolute Gasteiger partial charge is 0.347 e. The van der Waals surface area contributed by atoms with Crippen LogP contribution in [0.3, 0.4) is 0 Å². The quantitative estimate of drug-likeness (QED) is 0.776. The zero-order valence-corrected chi connectivity index (χ0v) is 9.23. The van der Waals surface area contributed by atoms with E-state index in [-0.39, 0.29) is 17.4 Å². The maximum absolute atomic E-state index is 11.6. The van der Waals surface area contributed by atoms with Crippen LogP contribution in [0.2, 0.25) is 0 Å². The van der Waals surface area contributed by atoms with Crippen LogP contribution in [-0.4, -0.2) is 10.9 Å². The molecule has 1 aromatic heterocycles. The first-order chi connectivity index (χ1) is 6.74.